The summed E-state index contributed by atoms with van der Waals surface area (Å²) in [5, 5.41) is 6.48. The molecule has 5 heteroatoms. The fourth-order valence-corrected chi connectivity index (χ4v) is 7.37. The lowest BCUT2D eigenvalue weighted by Gasteiger charge is -2.02. The summed E-state index contributed by atoms with van der Waals surface area (Å²) in [6, 6.07) is 15.2. The van der Waals surface area contributed by atoms with E-state index >= 15 is 0 Å². The molecule has 122 valence electrons. The molecule has 0 atom stereocenters. The van der Waals surface area contributed by atoms with Gasteiger partial charge in [0.1, 0.15) is 0 Å². The Balaban J connectivity index is 1.34. The van der Waals surface area contributed by atoms with Crippen LogP contribution in [0.4, 0.5) is 5.69 Å². The van der Waals surface area contributed by atoms with Crippen LogP contribution in [0.25, 0.3) is 11.1 Å². The van der Waals surface area contributed by atoms with E-state index in [9.17, 15) is 0 Å². The molecule has 2 aromatic rings. The molecule has 0 radical (unpaired) electrons. The summed E-state index contributed by atoms with van der Waals surface area (Å²) in [4.78, 5) is 5.92. The van der Waals surface area contributed by atoms with Crippen LogP contribution in [0.3, 0.4) is 0 Å². The number of nitrogens with zero attached hydrogens (tertiary/aromatic N) is 1. The molecule has 0 saturated carbocycles. The summed E-state index contributed by atoms with van der Waals surface area (Å²) >= 11 is 7.23. The van der Waals surface area contributed by atoms with Crippen molar-refractivity contribution in [1.29, 1.82) is 0 Å². The monoisotopic (exact) mass is 395 g/mol. The van der Waals surface area contributed by atoms with Crippen LogP contribution in [-0.2, 0) is 6.42 Å². The van der Waals surface area contributed by atoms with E-state index in [0.717, 1.165) is 12.1 Å². The van der Waals surface area contributed by atoms with Crippen molar-refractivity contribution in [3.05, 3.63) is 83.2 Å². The summed E-state index contributed by atoms with van der Waals surface area (Å²) in [6.45, 7) is 0. The van der Waals surface area contributed by atoms with E-state index in [-0.39, 0.29) is 0 Å². The molecule has 3 aliphatic rings. The maximum Gasteiger partial charge on any atom is 0.0700 e. The van der Waals surface area contributed by atoms with Gasteiger partial charge < -0.3 is 0 Å². The number of allylic oxidation sites excluding steroid dienone is 1. The fourth-order valence-electron chi connectivity index (χ4n) is 3.07. The van der Waals surface area contributed by atoms with Gasteiger partial charge in [-0.15, -0.1) is 0 Å². The van der Waals surface area contributed by atoms with E-state index in [4.69, 9.17) is 4.99 Å². The smallest absolute Gasteiger partial charge is 0.0700 e. The van der Waals surface area contributed by atoms with Crippen molar-refractivity contribution in [2.45, 2.75) is 6.42 Å². The van der Waals surface area contributed by atoms with Gasteiger partial charge in [-0.1, -0.05) is 77.4 Å². The Bertz CT molecular complexity index is 975. The third-order valence-corrected chi connectivity index (χ3v) is 9.16. The molecule has 0 aromatic heterocycles. The van der Waals surface area contributed by atoms with Crippen molar-refractivity contribution < 1.29 is 0 Å². The minimum absolute atomic E-state index is 1.01. The zero-order valence-corrected chi connectivity index (χ0v) is 16.4. The lowest BCUT2D eigenvalue weighted by molar-refractivity contribution is 1.26. The van der Waals surface area contributed by atoms with Crippen LogP contribution in [0, 0.1) is 0 Å². The number of rotatable bonds is 2. The molecule has 25 heavy (non-hydrogen) atoms. The maximum absolute atomic E-state index is 4.71. The highest BCUT2D eigenvalue weighted by atomic mass is 32.2. The number of hydrogen-bond acceptors (Lipinski definition) is 5. The Morgan fingerprint density at radius 1 is 0.840 bits per heavy atom. The lowest BCUT2D eigenvalue weighted by atomic mass is 10.1. The second-order valence-corrected chi connectivity index (χ2v) is 10.1. The zero-order valence-electron chi connectivity index (χ0n) is 13.1. The predicted molar refractivity (Wildman–Crippen MR) is 117 cm³/mol. The topological polar surface area (TPSA) is 12.4 Å². The van der Waals surface area contributed by atoms with Gasteiger partial charge in [0.15, 0.2) is 0 Å². The molecule has 1 nitrogen and oxygen atoms in total. The Hall–Kier alpha value is -1.27. The summed E-state index contributed by atoms with van der Waals surface area (Å²) in [5.41, 5.74) is 6.56. The number of hydrogen-bond donors (Lipinski definition) is 0. The molecule has 0 fully saturated rings. The highest BCUT2D eigenvalue weighted by Crippen LogP contribution is 2.52. The first-order valence-corrected chi connectivity index (χ1v) is 11.3. The molecular weight excluding hydrogens is 382 g/mol. The predicted octanol–water partition coefficient (Wildman–Crippen LogP) is 7.36. The first-order valence-electron chi connectivity index (χ1n) is 7.89. The molecular formula is C20H13NS4. The third kappa shape index (κ3) is 3.14. The molecule has 0 amide bonds. The van der Waals surface area contributed by atoms with Crippen molar-refractivity contribution in [3.63, 3.8) is 0 Å². The molecule has 2 heterocycles. The maximum atomic E-state index is 4.71. The summed E-state index contributed by atoms with van der Waals surface area (Å²) in [5.74, 6) is 0. The van der Waals surface area contributed by atoms with Gasteiger partial charge >= 0.3 is 0 Å². The molecule has 0 saturated heterocycles. The molecule has 0 unspecified atom stereocenters. The van der Waals surface area contributed by atoms with Gasteiger partial charge in [-0.3, -0.25) is 4.99 Å². The molecule has 2 aromatic carbocycles. The highest BCUT2D eigenvalue weighted by Gasteiger charge is 2.19. The van der Waals surface area contributed by atoms with Gasteiger partial charge in [0, 0.05) is 11.1 Å². The molecule has 1 aliphatic carbocycles. The van der Waals surface area contributed by atoms with Gasteiger partial charge in [-0.05, 0) is 57.0 Å². The minimum Gasteiger partial charge on any atom is -0.256 e. The van der Waals surface area contributed by atoms with E-state index in [1.54, 1.807) is 35.3 Å². The van der Waals surface area contributed by atoms with Crippen molar-refractivity contribution >= 4 is 58.9 Å². The van der Waals surface area contributed by atoms with Crippen molar-refractivity contribution in [3.8, 4) is 11.1 Å². The summed E-state index contributed by atoms with van der Waals surface area (Å²) in [6.07, 6.45) is 3.01. The standard InChI is InChI=1S/C20H13NS4/c1-2-4-17-13(3-1)9-14-10-15(5-6-18(14)17)21-11-16-12-24-20(25-16)19-22-7-8-23-19/h1-8,10-12H,9H2. The zero-order chi connectivity index (χ0) is 16.6. The highest BCUT2D eigenvalue weighted by molar-refractivity contribution is 8.33. The number of thioether (sulfide) groups is 4. The van der Waals surface area contributed by atoms with E-state index in [1.165, 1.54) is 35.6 Å². The van der Waals surface area contributed by atoms with E-state index in [1.807, 2.05) is 18.0 Å². The minimum atomic E-state index is 1.01. The number of benzene rings is 2. The van der Waals surface area contributed by atoms with Crippen LogP contribution in [0.5, 0.6) is 0 Å². The fraction of sp³-hybridized carbons (Fsp3) is 0.0500. The Labute approximate surface area is 164 Å². The van der Waals surface area contributed by atoms with E-state index in [2.05, 4.69) is 58.7 Å². The van der Waals surface area contributed by atoms with Crippen molar-refractivity contribution in [1.82, 2.24) is 0 Å². The van der Waals surface area contributed by atoms with Crippen molar-refractivity contribution in [2.24, 2.45) is 4.99 Å². The number of aliphatic imine (C=N–C) groups is 1. The lowest BCUT2D eigenvalue weighted by Crippen LogP contribution is -1.80. The Morgan fingerprint density at radius 2 is 1.68 bits per heavy atom. The van der Waals surface area contributed by atoms with Crippen LogP contribution in [-0.4, -0.2) is 6.21 Å². The second kappa shape index (κ2) is 6.80. The van der Waals surface area contributed by atoms with Crippen LogP contribution in [0.2, 0.25) is 0 Å². The van der Waals surface area contributed by atoms with Gasteiger partial charge in [0.25, 0.3) is 0 Å². The molecule has 0 N–H and O–H groups in total. The first-order chi connectivity index (χ1) is 12.4. The van der Waals surface area contributed by atoms with E-state index in [0.29, 0.717) is 0 Å². The Morgan fingerprint density at radius 3 is 2.60 bits per heavy atom. The Kier molecular flexibility index (Phi) is 4.34. The summed E-state index contributed by atoms with van der Waals surface area (Å²) < 4.78 is 2.75. The van der Waals surface area contributed by atoms with Crippen LogP contribution >= 0.6 is 47.0 Å². The molecule has 2 aliphatic heterocycles. The normalized spacial score (nSPS) is 18.2. The van der Waals surface area contributed by atoms with Crippen LogP contribution < -0.4 is 0 Å². The SMILES string of the molecule is C1=CSC(=C2SC=C(C=Nc3ccc4c(c3)Cc3ccccc3-4)S2)S1. The molecule has 5 rings (SSSR count). The van der Waals surface area contributed by atoms with Crippen LogP contribution in [0.1, 0.15) is 11.1 Å². The number of fused-ring (bicyclic) bond motifs is 3. The second-order valence-electron chi connectivity index (χ2n) is 5.76. The van der Waals surface area contributed by atoms with Gasteiger partial charge in [0.05, 0.1) is 14.2 Å². The average molecular weight is 396 g/mol. The first kappa shape index (κ1) is 15.9. The van der Waals surface area contributed by atoms with Gasteiger partial charge in [-0.25, -0.2) is 0 Å². The van der Waals surface area contributed by atoms with Gasteiger partial charge in [0.2, 0.25) is 0 Å². The van der Waals surface area contributed by atoms with Crippen molar-refractivity contribution in [2.75, 3.05) is 0 Å². The average Bonchev–Trinajstić information content (AvgIpc) is 3.37. The molecule has 0 spiro atoms. The van der Waals surface area contributed by atoms with Gasteiger partial charge in [-0.2, -0.15) is 0 Å². The third-order valence-electron chi connectivity index (χ3n) is 4.18. The quantitative estimate of drug-likeness (QED) is 0.420. The largest absolute Gasteiger partial charge is 0.256 e. The molecule has 0 bridgehead atoms. The summed E-state index contributed by atoms with van der Waals surface area (Å²) in [7, 11) is 0. The van der Waals surface area contributed by atoms with Crippen LogP contribution in [0.15, 0.2) is 77.1 Å². The van der Waals surface area contributed by atoms with E-state index < -0.39 is 0 Å².